The molecule has 0 spiro atoms. The number of phenolic OH excluding ortho intramolecular Hbond substituents is 1. The van der Waals surface area contributed by atoms with Crippen LogP contribution in [-0.2, 0) is 13.0 Å². The van der Waals surface area contributed by atoms with Crippen molar-refractivity contribution >= 4 is 0 Å². The van der Waals surface area contributed by atoms with Gasteiger partial charge in [0.15, 0.2) is 0 Å². The highest BCUT2D eigenvalue weighted by Gasteiger charge is 2.03. The summed E-state index contributed by atoms with van der Waals surface area (Å²) < 4.78 is 1.81. The van der Waals surface area contributed by atoms with Crippen molar-refractivity contribution in [2.24, 2.45) is 0 Å². The molecular formula is C13H18N4O. The maximum absolute atomic E-state index is 9.21. The maximum atomic E-state index is 9.21. The van der Waals surface area contributed by atoms with E-state index in [9.17, 15) is 5.11 Å². The largest absolute Gasteiger partial charge is 0.508 e. The number of hydrogen-bond donors (Lipinski definition) is 2. The number of benzene rings is 1. The van der Waals surface area contributed by atoms with E-state index in [0.29, 0.717) is 11.8 Å². The minimum absolute atomic E-state index is 0.311. The van der Waals surface area contributed by atoms with Crippen molar-refractivity contribution in [3.8, 4) is 5.75 Å². The second-order valence-electron chi connectivity index (χ2n) is 4.39. The van der Waals surface area contributed by atoms with Crippen LogP contribution < -0.4 is 5.32 Å². The average Bonchev–Trinajstić information content (AvgIpc) is 2.85. The first-order valence-corrected chi connectivity index (χ1v) is 6.09. The molecule has 2 rings (SSSR count). The Kier molecular flexibility index (Phi) is 4.30. The van der Waals surface area contributed by atoms with Crippen molar-refractivity contribution in [3.63, 3.8) is 0 Å². The van der Waals surface area contributed by atoms with Crippen LogP contribution in [0.2, 0.25) is 0 Å². The number of nitrogens with one attached hydrogen (secondary N) is 1. The van der Waals surface area contributed by atoms with Crippen LogP contribution in [0.4, 0.5) is 0 Å². The summed E-state index contributed by atoms with van der Waals surface area (Å²) in [5.74, 6) is 0.311. The molecule has 5 nitrogen and oxygen atoms in total. The molecule has 0 fully saturated rings. The number of phenols is 1. The Morgan fingerprint density at radius 3 is 2.78 bits per heavy atom. The van der Waals surface area contributed by atoms with E-state index in [0.717, 1.165) is 19.5 Å². The van der Waals surface area contributed by atoms with E-state index >= 15 is 0 Å². The van der Waals surface area contributed by atoms with Crippen molar-refractivity contribution in [3.05, 3.63) is 42.2 Å². The Balaban J connectivity index is 1.71. The molecule has 1 heterocycles. The molecule has 0 aliphatic carbocycles. The van der Waals surface area contributed by atoms with Gasteiger partial charge in [-0.3, -0.25) is 4.68 Å². The zero-order chi connectivity index (χ0) is 12.8. The molecule has 0 aliphatic rings. The quantitative estimate of drug-likeness (QED) is 0.804. The van der Waals surface area contributed by atoms with Gasteiger partial charge in [0.25, 0.3) is 0 Å². The Morgan fingerprint density at radius 2 is 2.11 bits per heavy atom. The van der Waals surface area contributed by atoms with Gasteiger partial charge in [-0.1, -0.05) is 17.3 Å². The molecule has 0 bridgehead atoms. The fourth-order valence-corrected chi connectivity index (χ4v) is 1.84. The molecule has 5 heteroatoms. The normalized spacial score (nSPS) is 12.5. The first-order valence-electron chi connectivity index (χ1n) is 6.09. The van der Waals surface area contributed by atoms with Gasteiger partial charge in [0.05, 0.1) is 12.7 Å². The highest BCUT2D eigenvalue weighted by atomic mass is 16.3. The van der Waals surface area contributed by atoms with Gasteiger partial charge in [0, 0.05) is 18.8 Å². The minimum atomic E-state index is 0.311. The lowest BCUT2D eigenvalue weighted by Crippen LogP contribution is -2.31. The molecule has 1 aromatic heterocycles. The van der Waals surface area contributed by atoms with E-state index < -0.39 is 0 Å². The Morgan fingerprint density at radius 1 is 1.33 bits per heavy atom. The van der Waals surface area contributed by atoms with Gasteiger partial charge >= 0.3 is 0 Å². The Labute approximate surface area is 106 Å². The monoisotopic (exact) mass is 246 g/mol. The number of nitrogens with zero attached hydrogens (tertiary/aromatic N) is 3. The molecule has 0 saturated heterocycles. The van der Waals surface area contributed by atoms with E-state index in [1.807, 2.05) is 18.3 Å². The van der Waals surface area contributed by atoms with Crippen LogP contribution in [-0.4, -0.2) is 32.7 Å². The number of rotatable bonds is 6. The van der Waals surface area contributed by atoms with Gasteiger partial charge in [-0.2, -0.15) is 0 Å². The molecule has 0 amide bonds. The molecule has 2 N–H and O–H groups in total. The maximum Gasteiger partial charge on any atom is 0.115 e. The van der Waals surface area contributed by atoms with Crippen molar-refractivity contribution in [1.82, 2.24) is 20.3 Å². The summed E-state index contributed by atoms with van der Waals surface area (Å²) in [7, 11) is 0. The number of aromatic nitrogens is 3. The van der Waals surface area contributed by atoms with Gasteiger partial charge in [-0.05, 0) is 31.0 Å². The van der Waals surface area contributed by atoms with Crippen molar-refractivity contribution in [2.45, 2.75) is 25.9 Å². The topological polar surface area (TPSA) is 63.0 Å². The molecule has 1 unspecified atom stereocenters. The highest BCUT2D eigenvalue weighted by Crippen LogP contribution is 2.11. The molecule has 0 radical (unpaired) electrons. The number of hydrogen-bond acceptors (Lipinski definition) is 4. The van der Waals surface area contributed by atoms with Crippen molar-refractivity contribution in [2.75, 3.05) is 6.54 Å². The second-order valence-corrected chi connectivity index (χ2v) is 4.39. The summed E-state index contributed by atoms with van der Waals surface area (Å²) in [6.07, 6.45) is 4.48. The lowest BCUT2D eigenvalue weighted by molar-refractivity contribution is 0.473. The lowest BCUT2D eigenvalue weighted by atomic mass is 10.1. The highest BCUT2D eigenvalue weighted by molar-refractivity contribution is 5.26. The third-order valence-electron chi connectivity index (χ3n) is 2.78. The van der Waals surface area contributed by atoms with Gasteiger partial charge in [-0.15, -0.1) is 5.10 Å². The van der Waals surface area contributed by atoms with E-state index in [-0.39, 0.29) is 0 Å². The first kappa shape index (κ1) is 12.6. The summed E-state index contributed by atoms with van der Waals surface area (Å²) in [5.41, 5.74) is 1.22. The summed E-state index contributed by atoms with van der Waals surface area (Å²) in [6.45, 7) is 3.83. The summed E-state index contributed by atoms with van der Waals surface area (Å²) in [4.78, 5) is 0. The van der Waals surface area contributed by atoms with Crippen LogP contribution in [0.15, 0.2) is 36.7 Å². The van der Waals surface area contributed by atoms with Gasteiger partial charge < -0.3 is 10.4 Å². The third-order valence-corrected chi connectivity index (χ3v) is 2.78. The van der Waals surface area contributed by atoms with E-state index in [2.05, 4.69) is 22.6 Å². The third kappa shape index (κ3) is 3.85. The van der Waals surface area contributed by atoms with E-state index in [1.54, 1.807) is 23.0 Å². The summed E-state index contributed by atoms with van der Waals surface area (Å²) in [5, 5.41) is 20.3. The molecule has 0 saturated carbocycles. The van der Waals surface area contributed by atoms with E-state index in [4.69, 9.17) is 0 Å². The second kappa shape index (κ2) is 6.16. The zero-order valence-corrected chi connectivity index (χ0v) is 10.5. The van der Waals surface area contributed by atoms with Gasteiger partial charge in [0.1, 0.15) is 5.75 Å². The standard InChI is InChI=1S/C13H18N4O/c1-11(10-12-2-4-13(18)5-3-12)14-6-8-17-9-7-15-16-17/h2-5,7,9,11,14,18H,6,8,10H2,1H3. The fourth-order valence-electron chi connectivity index (χ4n) is 1.84. The van der Waals surface area contributed by atoms with Crippen LogP contribution in [0, 0.1) is 0 Å². The van der Waals surface area contributed by atoms with Crippen LogP contribution in [0.25, 0.3) is 0 Å². The van der Waals surface area contributed by atoms with Crippen LogP contribution in [0.1, 0.15) is 12.5 Å². The van der Waals surface area contributed by atoms with Crippen LogP contribution >= 0.6 is 0 Å². The average molecular weight is 246 g/mol. The molecular weight excluding hydrogens is 228 g/mol. The molecule has 96 valence electrons. The molecule has 2 aromatic rings. The van der Waals surface area contributed by atoms with Gasteiger partial charge in [-0.25, -0.2) is 0 Å². The van der Waals surface area contributed by atoms with Crippen LogP contribution in [0.5, 0.6) is 5.75 Å². The lowest BCUT2D eigenvalue weighted by Gasteiger charge is -2.13. The van der Waals surface area contributed by atoms with Crippen LogP contribution in [0.3, 0.4) is 0 Å². The molecule has 1 aromatic carbocycles. The first-order chi connectivity index (χ1) is 8.74. The minimum Gasteiger partial charge on any atom is -0.508 e. The van der Waals surface area contributed by atoms with Gasteiger partial charge in [0.2, 0.25) is 0 Å². The summed E-state index contributed by atoms with van der Waals surface area (Å²) in [6, 6.07) is 7.73. The zero-order valence-electron chi connectivity index (χ0n) is 10.5. The van der Waals surface area contributed by atoms with Crippen molar-refractivity contribution in [1.29, 1.82) is 0 Å². The molecule has 18 heavy (non-hydrogen) atoms. The molecule has 0 aliphatic heterocycles. The SMILES string of the molecule is CC(Cc1ccc(O)cc1)NCCn1ccnn1. The molecule has 1 atom stereocenters. The fraction of sp³-hybridized carbons (Fsp3) is 0.385. The predicted octanol–water partition coefficient (Wildman–Crippen LogP) is 1.20. The Hall–Kier alpha value is -1.88. The summed E-state index contributed by atoms with van der Waals surface area (Å²) >= 11 is 0. The van der Waals surface area contributed by atoms with Crippen molar-refractivity contribution < 1.29 is 5.11 Å². The van der Waals surface area contributed by atoms with E-state index in [1.165, 1.54) is 5.56 Å². The predicted molar refractivity (Wildman–Crippen MR) is 69.3 cm³/mol. The smallest absolute Gasteiger partial charge is 0.115 e. The Bertz CT molecular complexity index is 452. The number of aromatic hydroxyl groups is 1.